The van der Waals surface area contributed by atoms with Crippen molar-refractivity contribution in [3.05, 3.63) is 0 Å². The van der Waals surface area contributed by atoms with Gasteiger partial charge in [-0.2, -0.15) is 0 Å². The van der Waals surface area contributed by atoms with E-state index in [0.717, 1.165) is 19.3 Å². The van der Waals surface area contributed by atoms with Gasteiger partial charge in [0.1, 0.15) is 5.78 Å². The van der Waals surface area contributed by atoms with Crippen molar-refractivity contribution < 1.29 is 14.7 Å². The number of carbonyl (C=O) groups is 2. The molecule has 0 amide bonds. The Kier molecular flexibility index (Phi) is 6.23. The number of ketones is 1. The first-order valence-electron chi connectivity index (χ1n) is 6.89. The molecule has 98 valence electrons. The van der Waals surface area contributed by atoms with Crippen molar-refractivity contribution in [3.8, 4) is 0 Å². The maximum Gasteiger partial charge on any atom is 0.303 e. The fourth-order valence-corrected chi connectivity index (χ4v) is 2.85. The third kappa shape index (κ3) is 4.88. The smallest absolute Gasteiger partial charge is 0.303 e. The molecule has 1 aliphatic carbocycles. The van der Waals surface area contributed by atoms with Crippen LogP contribution in [0.15, 0.2) is 0 Å². The van der Waals surface area contributed by atoms with Crippen LogP contribution in [0.25, 0.3) is 0 Å². The molecule has 0 unspecified atom stereocenters. The normalized spacial score (nSPS) is 24.2. The molecule has 1 aliphatic rings. The standard InChI is InChI=1S/C14H24O3/c1-2-3-4-6-11-9-10-13(15)12(11)7-5-8-14(16)17/h11-12H,2-10H2,1H3,(H,16,17)/t11-,12+/m0/s1. The molecular formula is C14H24O3. The van der Waals surface area contributed by atoms with Crippen LogP contribution in [0.1, 0.15) is 64.7 Å². The highest BCUT2D eigenvalue weighted by Crippen LogP contribution is 2.35. The van der Waals surface area contributed by atoms with Crippen LogP contribution in [0.5, 0.6) is 0 Å². The van der Waals surface area contributed by atoms with Crippen molar-refractivity contribution in [3.63, 3.8) is 0 Å². The zero-order valence-corrected chi connectivity index (χ0v) is 10.8. The molecule has 0 aromatic rings. The first kappa shape index (κ1) is 14.2. The molecule has 0 radical (unpaired) electrons. The van der Waals surface area contributed by atoms with E-state index in [4.69, 9.17) is 5.11 Å². The molecule has 0 aliphatic heterocycles. The number of carboxylic acid groups (broad SMARTS) is 1. The molecule has 1 N–H and O–H groups in total. The third-order valence-electron chi connectivity index (χ3n) is 3.83. The zero-order valence-electron chi connectivity index (χ0n) is 10.8. The van der Waals surface area contributed by atoms with Gasteiger partial charge >= 0.3 is 5.97 Å². The summed E-state index contributed by atoms with van der Waals surface area (Å²) in [7, 11) is 0. The lowest BCUT2D eigenvalue weighted by molar-refractivity contribution is -0.137. The first-order valence-corrected chi connectivity index (χ1v) is 6.89. The van der Waals surface area contributed by atoms with Crippen LogP contribution in [-0.4, -0.2) is 16.9 Å². The summed E-state index contributed by atoms with van der Waals surface area (Å²) < 4.78 is 0. The molecular weight excluding hydrogens is 216 g/mol. The van der Waals surface area contributed by atoms with Gasteiger partial charge in [0.05, 0.1) is 0 Å². The van der Waals surface area contributed by atoms with E-state index in [9.17, 15) is 9.59 Å². The molecule has 3 heteroatoms. The second kappa shape index (κ2) is 7.46. The Balaban J connectivity index is 2.31. The van der Waals surface area contributed by atoms with E-state index in [2.05, 4.69) is 6.92 Å². The minimum Gasteiger partial charge on any atom is -0.481 e. The fraction of sp³-hybridized carbons (Fsp3) is 0.857. The predicted molar refractivity (Wildman–Crippen MR) is 66.8 cm³/mol. The molecule has 0 heterocycles. The average molecular weight is 240 g/mol. The Morgan fingerprint density at radius 2 is 2.06 bits per heavy atom. The maximum absolute atomic E-state index is 11.7. The molecule has 0 aromatic carbocycles. The number of rotatable bonds is 8. The number of Topliss-reactive ketones (excluding diaryl/α,β-unsaturated/α-hetero) is 1. The minimum absolute atomic E-state index is 0.159. The van der Waals surface area contributed by atoms with Crippen molar-refractivity contribution in [1.82, 2.24) is 0 Å². The van der Waals surface area contributed by atoms with Crippen molar-refractivity contribution >= 4 is 11.8 Å². The number of hydrogen-bond acceptors (Lipinski definition) is 2. The van der Waals surface area contributed by atoms with Crippen LogP contribution in [0.4, 0.5) is 0 Å². The van der Waals surface area contributed by atoms with Crippen molar-refractivity contribution in [2.45, 2.75) is 64.7 Å². The molecule has 3 nitrogen and oxygen atoms in total. The Bertz CT molecular complexity index is 260. The van der Waals surface area contributed by atoms with Gasteiger partial charge in [-0.25, -0.2) is 0 Å². The SMILES string of the molecule is CCCCC[C@H]1CCC(=O)[C@@H]1CCCC(=O)O. The van der Waals surface area contributed by atoms with Gasteiger partial charge in [0.15, 0.2) is 0 Å². The Hall–Kier alpha value is -0.860. The van der Waals surface area contributed by atoms with E-state index in [-0.39, 0.29) is 12.3 Å². The second-order valence-corrected chi connectivity index (χ2v) is 5.15. The highest BCUT2D eigenvalue weighted by molar-refractivity contribution is 5.83. The largest absolute Gasteiger partial charge is 0.481 e. The lowest BCUT2D eigenvalue weighted by Crippen LogP contribution is -2.15. The van der Waals surface area contributed by atoms with Crippen molar-refractivity contribution in [2.75, 3.05) is 0 Å². The first-order chi connectivity index (χ1) is 8.15. The maximum atomic E-state index is 11.7. The molecule has 1 fully saturated rings. The van der Waals surface area contributed by atoms with Gasteiger partial charge in [-0.15, -0.1) is 0 Å². The Morgan fingerprint density at radius 3 is 2.71 bits per heavy atom. The summed E-state index contributed by atoms with van der Waals surface area (Å²) in [6.07, 6.45) is 8.19. The number of aliphatic carboxylic acids is 1. The quantitative estimate of drug-likeness (QED) is 0.661. The predicted octanol–water partition coefficient (Wildman–Crippen LogP) is 3.42. The Morgan fingerprint density at radius 1 is 1.29 bits per heavy atom. The molecule has 2 atom stereocenters. The van der Waals surface area contributed by atoms with Gasteiger partial charge in [0, 0.05) is 18.8 Å². The van der Waals surface area contributed by atoms with E-state index in [0.29, 0.717) is 24.5 Å². The van der Waals surface area contributed by atoms with Crippen LogP contribution in [0, 0.1) is 11.8 Å². The van der Waals surface area contributed by atoms with Crippen LogP contribution in [0.3, 0.4) is 0 Å². The summed E-state index contributed by atoms with van der Waals surface area (Å²) in [5, 5.41) is 8.61. The molecule has 0 saturated heterocycles. The topological polar surface area (TPSA) is 54.4 Å². The van der Waals surface area contributed by atoms with Gasteiger partial charge in [-0.05, 0) is 31.6 Å². The van der Waals surface area contributed by atoms with Crippen molar-refractivity contribution in [2.24, 2.45) is 11.8 Å². The lowest BCUT2D eigenvalue weighted by atomic mass is 9.86. The molecule has 1 saturated carbocycles. The lowest BCUT2D eigenvalue weighted by Gasteiger charge is -2.17. The summed E-state index contributed by atoms with van der Waals surface area (Å²) in [5.74, 6) is 0.309. The summed E-state index contributed by atoms with van der Waals surface area (Å²) in [4.78, 5) is 22.2. The van der Waals surface area contributed by atoms with E-state index >= 15 is 0 Å². The van der Waals surface area contributed by atoms with Crippen molar-refractivity contribution in [1.29, 1.82) is 0 Å². The zero-order chi connectivity index (χ0) is 12.7. The van der Waals surface area contributed by atoms with Gasteiger partial charge in [0.25, 0.3) is 0 Å². The average Bonchev–Trinajstić information content (AvgIpc) is 2.61. The van der Waals surface area contributed by atoms with Gasteiger partial charge in [-0.3, -0.25) is 9.59 Å². The second-order valence-electron chi connectivity index (χ2n) is 5.15. The van der Waals surface area contributed by atoms with Gasteiger partial charge in [-0.1, -0.05) is 26.2 Å². The Labute approximate surface area is 104 Å². The highest BCUT2D eigenvalue weighted by Gasteiger charge is 2.33. The summed E-state index contributed by atoms with van der Waals surface area (Å²) in [6, 6.07) is 0. The summed E-state index contributed by atoms with van der Waals surface area (Å²) >= 11 is 0. The van der Waals surface area contributed by atoms with Crippen LogP contribution in [0.2, 0.25) is 0 Å². The van der Waals surface area contributed by atoms with Crippen LogP contribution < -0.4 is 0 Å². The molecule has 17 heavy (non-hydrogen) atoms. The van der Waals surface area contributed by atoms with Crippen LogP contribution >= 0.6 is 0 Å². The number of hydrogen-bond donors (Lipinski definition) is 1. The van der Waals surface area contributed by atoms with E-state index in [1.807, 2.05) is 0 Å². The van der Waals surface area contributed by atoms with E-state index < -0.39 is 5.97 Å². The molecule has 0 aromatic heterocycles. The number of carbonyl (C=O) groups excluding carboxylic acids is 1. The van der Waals surface area contributed by atoms with E-state index in [1.54, 1.807) is 0 Å². The van der Waals surface area contributed by atoms with Gasteiger partial charge < -0.3 is 5.11 Å². The van der Waals surface area contributed by atoms with E-state index in [1.165, 1.54) is 19.3 Å². The summed E-state index contributed by atoms with van der Waals surface area (Å²) in [6.45, 7) is 2.18. The molecule has 0 bridgehead atoms. The summed E-state index contributed by atoms with van der Waals surface area (Å²) in [5.41, 5.74) is 0. The monoisotopic (exact) mass is 240 g/mol. The number of unbranched alkanes of at least 4 members (excludes halogenated alkanes) is 2. The van der Waals surface area contributed by atoms with Crippen LogP contribution in [-0.2, 0) is 9.59 Å². The molecule has 0 spiro atoms. The minimum atomic E-state index is -0.752. The van der Waals surface area contributed by atoms with Gasteiger partial charge in [0.2, 0.25) is 0 Å². The fourth-order valence-electron chi connectivity index (χ4n) is 2.85. The third-order valence-corrected chi connectivity index (χ3v) is 3.83. The molecule has 1 rings (SSSR count). The highest BCUT2D eigenvalue weighted by atomic mass is 16.4. The number of carboxylic acids is 1.